The SMILES string of the molecule is Cc1cccc(CC(=O)NCc2nc3ccccc3n2C)c1. The molecular weight excluding hydrogens is 274 g/mol. The highest BCUT2D eigenvalue weighted by atomic mass is 16.1. The molecule has 2 aromatic carbocycles. The molecule has 0 saturated heterocycles. The molecule has 0 spiro atoms. The van der Waals surface area contributed by atoms with Crippen molar-refractivity contribution in [1.29, 1.82) is 0 Å². The van der Waals surface area contributed by atoms with Gasteiger partial charge in [0.15, 0.2) is 0 Å². The summed E-state index contributed by atoms with van der Waals surface area (Å²) in [6.45, 7) is 2.47. The van der Waals surface area contributed by atoms with Crippen molar-refractivity contribution in [3.05, 3.63) is 65.5 Å². The Kier molecular flexibility index (Phi) is 3.92. The van der Waals surface area contributed by atoms with Crippen LogP contribution in [0.2, 0.25) is 0 Å². The Morgan fingerprint density at radius 3 is 2.77 bits per heavy atom. The molecule has 0 saturated carbocycles. The van der Waals surface area contributed by atoms with Gasteiger partial charge in [-0.3, -0.25) is 4.79 Å². The van der Waals surface area contributed by atoms with Crippen LogP contribution in [-0.2, 0) is 24.8 Å². The van der Waals surface area contributed by atoms with Crippen LogP contribution in [0.4, 0.5) is 0 Å². The van der Waals surface area contributed by atoms with Gasteiger partial charge < -0.3 is 9.88 Å². The number of nitrogens with one attached hydrogen (secondary N) is 1. The van der Waals surface area contributed by atoms with E-state index in [1.54, 1.807) is 0 Å². The number of aryl methyl sites for hydroxylation is 2. The number of imidazole rings is 1. The quantitative estimate of drug-likeness (QED) is 0.804. The highest BCUT2D eigenvalue weighted by molar-refractivity contribution is 5.79. The van der Waals surface area contributed by atoms with Crippen molar-refractivity contribution in [3.8, 4) is 0 Å². The summed E-state index contributed by atoms with van der Waals surface area (Å²) < 4.78 is 2.02. The molecule has 4 heteroatoms. The van der Waals surface area contributed by atoms with Crippen LogP contribution < -0.4 is 5.32 Å². The molecular formula is C18H19N3O. The third kappa shape index (κ3) is 3.01. The number of benzene rings is 2. The monoisotopic (exact) mass is 293 g/mol. The first kappa shape index (κ1) is 14.3. The third-order valence-electron chi connectivity index (χ3n) is 3.77. The van der Waals surface area contributed by atoms with Crippen molar-refractivity contribution in [3.63, 3.8) is 0 Å². The molecule has 112 valence electrons. The van der Waals surface area contributed by atoms with E-state index in [1.165, 1.54) is 5.56 Å². The maximum atomic E-state index is 12.1. The van der Waals surface area contributed by atoms with Crippen LogP contribution in [0.3, 0.4) is 0 Å². The van der Waals surface area contributed by atoms with E-state index in [0.717, 1.165) is 22.4 Å². The molecule has 3 aromatic rings. The molecule has 1 N–H and O–H groups in total. The van der Waals surface area contributed by atoms with E-state index in [1.807, 2.05) is 67.1 Å². The van der Waals surface area contributed by atoms with E-state index in [4.69, 9.17) is 0 Å². The van der Waals surface area contributed by atoms with Gasteiger partial charge >= 0.3 is 0 Å². The van der Waals surface area contributed by atoms with Gasteiger partial charge in [-0.1, -0.05) is 42.0 Å². The summed E-state index contributed by atoms with van der Waals surface area (Å²) >= 11 is 0. The summed E-state index contributed by atoms with van der Waals surface area (Å²) in [5.74, 6) is 0.872. The lowest BCUT2D eigenvalue weighted by Gasteiger charge is -2.06. The lowest BCUT2D eigenvalue weighted by atomic mass is 10.1. The highest BCUT2D eigenvalue weighted by Gasteiger charge is 2.09. The molecule has 1 heterocycles. The Bertz CT molecular complexity index is 820. The van der Waals surface area contributed by atoms with E-state index in [-0.39, 0.29) is 5.91 Å². The predicted molar refractivity (Wildman–Crippen MR) is 87.4 cm³/mol. The zero-order chi connectivity index (χ0) is 15.5. The molecule has 0 atom stereocenters. The molecule has 0 unspecified atom stereocenters. The number of para-hydroxylation sites is 2. The molecule has 0 radical (unpaired) electrons. The number of nitrogens with zero attached hydrogens (tertiary/aromatic N) is 2. The highest BCUT2D eigenvalue weighted by Crippen LogP contribution is 2.14. The number of aromatic nitrogens is 2. The Balaban J connectivity index is 1.66. The fraction of sp³-hybridized carbons (Fsp3) is 0.222. The smallest absolute Gasteiger partial charge is 0.224 e. The Hall–Kier alpha value is -2.62. The molecule has 0 aliphatic rings. The second-order valence-electron chi connectivity index (χ2n) is 5.52. The zero-order valence-corrected chi connectivity index (χ0v) is 12.8. The average molecular weight is 293 g/mol. The molecule has 0 bridgehead atoms. The minimum atomic E-state index is 0.0117. The summed E-state index contributed by atoms with van der Waals surface area (Å²) in [6, 6.07) is 16.0. The number of carbonyl (C=O) groups excluding carboxylic acids is 1. The second-order valence-corrected chi connectivity index (χ2v) is 5.52. The molecule has 0 fully saturated rings. The Labute approximate surface area is 129 Å². The summed E-state index contributed by atoms with van der Waals surface area (Å²) in [4.78, 5) is 16.6. The summed E-state index contributed by atoms with van der Waals surface area (Å²) in [5, 5.41) is 2.95. The number of hydrogen-bond acceptors (Lipinski definition) is 2. The molecule has 0 aliphatic carbocycles. The van der Waals surface area contributed by atoms with Crippen LogP contribution in [-0.4, -0.2) is 15.5 Å². The largest absolute Gasteiger partial charge is 0.349 e. The van der Waals surface area contributed by atoms with E-state index >= 15 is 0 Å². The van der Waals surface area contributed by atoms with Gasteiger partial charge in [0, 0.05) is 7.05 Å². The van der Waals surface area contributed by atoms with Crippen LogP contribution in [0.15, 0.2) is 48.5 Å². The van der Waals surface area contributed by atoms with Crippen LogP contribution in [0.1, 0.15) is 17.0 Å². The van der Waals surface area contributed by atoms with Gasteiger partial charge in [-0.05, 0) is 24.6 Å². The van der Waals surface area contributed by atoms with Crippen LogP contribution in [0, 0.1) is 6.92 Å². The van der Waals surface area contributed by atoms with Crippen molar-refractivity contribution >= 4 is 16.9 Å². The Morgan fingerprint density at radius 1 is 1.18 bits per heavy atom. The maximum Gasteiger partial charge on any atom is 0.224 e. The van der Waals surface area contributed by atoms with Crippen molar-refractivity contribution < 1.29 is 4.79 Å². The first-order chi connectivity index (χ1) is 10.6. The molecule has 22 heavy (non-hydrogen) atoms. The average Bonchev–Trinajstić information content (AvgIpc) is 2.82. The molecule has 0 aliphatic heterocycles. The fourth-order valence-electron chi connectivity index (χ4n) is 2.60. The van der Waals surface area contributed by atoms with Crippen molar-refractivity contribution in [1.82, 2.24) is 14.9 Å². The lowest BCUT2D eigenvalue weighted by molar-refractivity contribution is -0.120. The lowest BCUT2D eigenvalue weighted by Crippen LogP contribution is -2.26. The summed E-state index contributed by atoms with van der Waals surface area (Å²) in [6.07, 6.45) is 0.394. The van der Waals surface area contributed by atoms with E-state index in [0.29, 0.717) is 13.0 Å². The predicted octanol–water partition coefficient (Wildman–Crippen LogP) is 2.74. The van der Waals surface area contributed by atoms with Crippen molar-refractivity contribution in [2.75, 3.05) is 0 Å². The fourth-order valence-corrected chi connectivity index (χ4v) is 2.60. The van der Waals surface area contributed by atoms with Gasteiger partial charge in [0.1, 0.15) is 5.82 Å². The van der Waals surface area contributed by atoms with Crippen molar-refractivity contribution in [2.45, 2.75) is 19.9 Å². The number of rotatable bonds is 4. The normalized spacial score (nSPS) is 10.8. The van der Waals surface area contributed by atoms with Gasteiger partial charge in [-0.25, -0.2) is 4.98 Å². The Morgan fingerprint density at radius 2 is 2.00 bits per heavy atom. The van der Waals surface area contributed by atoms with Gasteiger partial charge in [0.25, 0.3) is 0 Å². The van der Waals surface area contributed by atoms with E-state index in [2.05, 4.69) is 10.3 Å². The van der Waals surface area contributed by atoms with E-state index < -0.39 is 0 Å². The summed E-state index contributed by atoms with van der Waals surface area (Å²) in [7, 11) is 1.97. The van der Waals surface area contributed by atoms with E-state index in [9.17, 15) is 4.79 Å². The molecule has 3 rings (SSSR count). The second kappa shape index (κ2) is 6.02. The van der Waals surface area contributed by atoms with Crippen molar-refractivity contribution in [2.24, 2.45) is 7.05 Å². The third-order valence-corrected chi connectivity index (χ3v) is 3.77. The van der Waals surface area contributed by atoms with Gasteiger partial charge in [-0.2, -0.15) is 0 Å². The van der Waals surface area contributed by atoms with Crippen LogP contribution in [0.25, 0.3) is 11.0 Å². The van der Waals surface area contributed by atoms with Gasteiger partial charge in [0.2, 0.25) is 5.91 Å². The topological polar surface area (TPSA) is 46.9 Å². The molecule has 4 nitrogen and oxygen atoms in total. The minimum absolute atomic E-state index is 0.0117. The van der Waals surface area contributed by atoms with Gasteiger partial charge in [-0.15, -0.1) is 0 Å². The molecule has 1 aromatic heterocycles. The van der Waals surface area contributed by atoms with Crippen LogP contribution >= 0.6 is 0 Å². The number of carbonyl (C=O) groups is 1. The van der Waals surface area contributed by atoms with Gasteiger partial charge in [0.05, 0.1) is 24.0 Å². The first-order valence-electron chi connectivity index (χ1n) is 7.36. The number of hydrogen-bond donors (Lipinski definition) is 1. The maximum absolute atomic E-state index is 12.1. The number of fused-ring (bicyclic) bond motifs is 1. The summed E-state index contributed by atoms with van der Waals surface area (Å²) in [5.41, 5.74) is 4.22. The number of amides is 1. The molecule has 1 amide bonds. The first-order valence-corrected chi connectivity index (χ1v) is 7.36. The standard InChI is InChI=1S/C18H19N3O/c1-13-6-5-7-14(10-13)11-18(22)19-12-17-20-15-8-3-4-9-16(15)21(17)2/h3-10H,11-12H2,1-2H3,(H,19,22). The van der Waals surface area contributed by atoms with Crippen LogP contribution in [0.5, 0.6) is 0 Å². The minimum Gasteiger partial charge on any atom is -0.349 e. The zero-order valence-electron chi connectivity index (χ0n) is 12.8.